The summed E-state index contributed by atoms with van der Waals surface area (Å²) in [7, 11) is 1.54. The predicted octanol–water partition coefficient (Wildman–Crippen LogP) is 4.26. The number of ether oxygens (including phenoxy) is 2. The summed E-state index contributed by atoms with van der Waals surface area (Å²) in [5.74, 6) is 2.28. The van der Waals surface area contributed by atoms with Gasteiger partial charge in [0.15, 0.2) is 18.1 Å². The normalized spacial score (nSPS) is 10.8. The van der Waals surface area contributed by atoms with Gasteiger partial charge in [-0.2, -0.15) is 4.98 Å². The van der Waals surface area contributed by atoms with Crippen molar-refractivity contribution in [2.24, 2.45) is 0 Å². The molecule has 26 heavy (non-hydrogen) atoms. The number of hydrogen-bond acceptors (Lipinski definition) is 6. The molecule has 1 aromatic heterocycles. The maximum absolute atomic E-state index is 10.9. The van der Waals surface area contributed by atoms with Gasteiger partial charge in [0.25, 0.3) is 5.89 Å². The van der Waals surface area contributed by atoms with Crippen LogP contribution in [-0.4, -0.2) is 23.5 Å². The van der Waals surface area contributed by atoms with E-state index in [1.54, 1.807) is 18.2 Å². The van der Waals surface area contributed by atoms with Crippen molar-refractivity contribution in [2.45, 2.75) is 26.4 Å². The highest BCUT2D eigenvalue weighted by Gasteiger charge is 2.12. The first-order chi connectivity index (χ1) is 12.6. The van der Waals surface area contributed by atoms with Crippen molar-refractivity contribution in [3.8, 4) is 22.9 Å². The molecule has 3 rings (SSSR count). The van der Waals surface area contributed by atoms with Crippen LogP contribution in [0.25, 0.3) is 11.4 Å². The molecule has 0 radical (unpaired) electrons. The van der Waals surface area contributed by atoms with Crippen molar-refractivity contribution >= 4 is 6.29 Å². The first-order valence-corrected chi connectivity index (χ1v) is 8.29. The molecule has 0 atom stereocenters. The molecule has 6 nitrogen and oxygen atoms in total. The van der Waals surface area contributed by atoms with Crippen molar-refractivity contribution in [3.05, 3.63) is 59.5 Å². The van der Waals surface area contributed by atoms with Gasteiger partial charge in [-0.05, 0) is 29.7 Å². The Hall–Kier alpha value is -3.15. The van der Waals surface area contributed by atoms with Crippen LogP contribution in [0.2, 0.25) is 0 Å². The lowest BCUT2D eigenvalue weighted by molar-refractivity contribution is 0.112. The van der Waals surface area contributed by atoms with Crippen molar-refractivity contribution in [3.63, 3.8) is 0 Å². The van der Waals surface area contributed by atoms with Gasteiger partial charge in [0.2, 0.25) is 5.82 Å². The monoisotopic (exact) mass is 352 g/mol. The quantitative estimate of drug-likeness (QED) is 0.592. The Morgan fingerprint density at radius 1 is 1.12 bits per heavy atom. The van der Waals surface area contributed by atoms with Gasteiger partial charge in [0, 0.05) is 11.1 Å². The molecular formula is C20H20N2O4. The number of methoxy groups -OCH3 is 1. The molecule has 2 aromatic carbocycles. The molecule has 0 saturated carbocycles. The number of carbonyl (C=O) groups is 1. The second-order valence-electron chi connectivity index (χ2n) is 6.11. The van der Waals surface area contributed by atoms with Crippen LogP contribution in [0.3, 0.4) is 0 Å². The maximum Gasteiger partial charge on any atom is 0.264 e. The van der Waals surface area contributed by atoms with E-state index in [-0.39, 0.29) is 6.61 Å². The van der Waals surface area contributed by atoms with E-state index in [0.717, 1.165) is 11.8 Å². The molecule has 0 fully saturated rings. The zero-order valence-electron chi connectivity index (χ0n) is 14.9. The zero-order valence-corrected chi connectivity index (χ0v) is 14.9. The summed E-state index contributed by atoms with van der Waals surface area (Å²) in [6, 6.07) is 13.0. The average Bonchev–Trinajstić information content (AvgIpc) is 3.15. The third-order valence-electron chi connectivity index (χ3n) is 3.98. The lowest BCUT2D eigenvalue weighted by Gasteiger charge is -2.09. The van der Waals surface area contributed by atoms with E-state index < -0.39 is 0 Å². The summed E-state index contributed by atoms with van der Waals surface area (Å²) in [6.07, 6.45) is 0.748. The molecular weight excluding hydrogens is 332 g/mol. The van der Waals surface area contributed by atoms with Gasteiger partial charge < -0.3 is 14.0 Å². The van der Waals surface area contributed by atoms with E-state index in [4.69, 9.17) is 14.0 Å². The first-order valence-electron chi connectivity index (χ1n) is 8.29. The van der Waals surface area contributed by atoms with Crippen LogP contribution in [0.4, 0.5) is 0 Å². The van der Waals surface area contributed by atoms with Crippen LogP contribution in [0.5, 0.6) is 11.5 Å². The average molecular weight is 352 g/mol. The third-order valence-corrected chi connectivity index (χ3v) is 3.98. The summed E-state index contributed by atoms with van der Waals surface area (Å²) >= 11 is 0. The van der Waals surface area contributed by atoms with E-state index in [0.29, 0.717) is 34.7 Å². The second-order valence-corrected chi connectivity index (χ2v) is 6.11. The smallest absolute Gasteiger partial charge is 0.264 e. The van der Waals surface area contributed by atoms with Crippen molar-refractivity contribution in [1.82, 2.24) is 10.1 Å². The topological polar surface area (TPSA) is 74.5 Å². The largest absolute Gasteiger partial charge is 0.493 e. The standard InChI is InChI=1S/C20H20N2O4/c1-13(2)15-5-7-16(8-6-15)20-21-19(26-22-20)12-25-18-10-14(11-23)4-9-17(18)24-3/h4-11,13H,12H2,1-3H3. The van der Waals surface area contributed by atoms with E-state index in [2.05, 4.69) is 36.1 Å². The number of rotatable bonds is 7. The van der Waals surface area contributed by atoms with Gasteiger partial charge in [0.1, 0.15) is 6.29 Å². The number of nitrogens with zero attached hydrogens (tertiary/aromatic N) is 2. The highest BCUT2D eigenvalue weighted by Crippen LogP contribution is 2.28. The molecule has 0 bridgehead atoms. The number of aldehydes is 1. The Bertz CT molecular complexity index is 885. The number of benzene rings is 2. The molecule has 0 N–H and O–H groups in total. The summed E-state index contributed by atoms with van der Waals surface area (Å²) in [5.41, 5.74) is 2.63. The molecule has 0 aliphatic carbocycles. The van der Waals surface area contributed by atoms with E-state index >= 15 is 0 Å². The lowest BCUT2D eigenvalue weighted by atomic mass is 10.0. The van der Waals surface area contributed by atoms with Crippen LogP contribution in [-0.2, 0) is 6.61 Å². The number of aromatic nitrogens is 2. The lowest BCUT2D eigenvalue weighted by Crippen LogP contribution is -1.99. The molecule has 1 heterocycles. The fraction of sp³-hybridized carbons (Fsp3) is 0.250. The Balaban J connectivity index is 1.72. The molecule has 0 aliphatic rings. The van der Waals surface area contributed by atoms with Gasteiger partial charge in [-0.25, -0.2) is 0 Å². The van der Waals surface area contributed by atoms with Crippen LogP contribution < -0.4 is 9.47 Å². The maximum atomic E-state index is 10.9. The molecule has 0 amide bonds. The minimum absolute atomic E-state index is 0.0791. The van der Waals surface area contributed by atoms with Crippen molar-refractivity contribution < 1.29 is 18.8 Å². The van der Waals surface area contributed by atoms with Gasteiger partial charge in [-0.15, -0.1) is 0 Å². The summed E-state index contributed by atoms with van der Waals surface area (Å²) in [5, 5.41) is 4.00. The van der Waals surface area contributed by atoms with Crippen LogP contribution in [0, 0.1) is 0 Å². The minimum Gasteiger partial charge on any atom is -0.493 e. The Morgan fingerprint density at radius 2 is 1.88 bits per heavy atom. The van der Waals surface area contributed by atoms with Gasteiger partial charge >= 0.3 is 0 Å². The molecule has 134 valence electrons. The molecule has 6 heteroatoms. The SMILES string of the molecule is COc1ccc(C=O)cc1OCc1nc(-c2ccc(C(C)C)cc2)no1. The highest BCUT2D eigenvalue weighted by molar-refractivity contribution is 5.76. The molecule has 0 unspecified atom stereocenters. The molecule has 0 saturated heterocycles. The molecule has 3 aromatic rings. The second kappa shape index (κ2) is 7.82. The van der Waals surface area contributed by atoms with Crippen molar-refractivity contribution in [2.75, 3.05) is 7.11 Å². The Morgan fingerprint density at radius 3 is 2.54 bits per heavy atom. The fourth-order valence-corrected chi connectivity index (χ4v) is 2.47. The van der Waals surface area contributed by atoms with Crippen molar-refractivity contribution in [1.29, 1.82) is 0 Å². The van der Waals surface area contributed by atoms with E-state index in [1.807, 2.05) is 12.1 Å². The van der Waals surface area contributed by atoms with Gasteiger partial charge in [-0.3, -0.25) is 4.79 Å². The van der Waals surface area contributed by atoms with Crippen LogP contribution in [0.1, 0.15) is 41.6 Å². The summed E-state index contributed by atoms with van der Waals surface area (Å²) in [6.45, 7) is 4.37. The fourth-order valence-electron chi connectivity index (χ4n) is 2.47. The van der Waals surface area contributed by atoms with E-state index in [9.17, 15) is 4.79 Å². The molecule has 0 spiro atoms. The summed E-state index contributed by atoms with van der Waals surface area (Å²) < 4.78 is 16.2. The highest BCUT2D eigenvalue weighted by atomic mass is 16.5. The first kappa shape index (κ1) is 17.7. The predicted molar refractivity (Wildman–Crippen MR) is 96.5 cm³/mol. The number of carbonyl (C=O) groups excluding carboxylic acids is 1. The van der Waals surface area contributed by atoms with Gasteiger partial charge in [0.05, 0.1) is 7.11 Å². The molecule has 0 aliphatic heterocycles. The van der Waals surface area contributed by atoms with E-state index in [1.165, 1.54) is 12.7 Å². The zero-order chi connectivity index (χ0) is 18.5. The van der Waals surface area contributed by atoms with Crippen LogP contribution >= 0.6 is 0 Å². The minimum atomic E-state index is 0.0791. The Kier molecular flexibility index (Phi) is 5.31. The summed E-state index contributed by atoms with van der Waals surface area (Å²) in [4.78, 5) is 15.3. The van der Waals surface area contributed by atoms with Gasteiger partial charge in [-0.1, -0.05) is 43.3 Å². The Labute approximate surface area is 151 Å². The number of hydrogen-bond donors (Lipinski definition) is 0. The van der Waals surface area contributed by atoms with Crippen LogP contribution in [0.15, 0.2) is 47.0 Å². The third kappa shape index (κ3) is 3.91.